The van der Waals surface area contributed by atoms with Gasteiger partial charge in [-0.1, -0.05) is 50.6 Å². The monoisotopic (exact) mass is 355 g/mol. The van der Waals surface area contributed by atoms with Gasteiger partial charge in [-0.25, -0.2) is 0 Å². The first-order valence-electron chi connectivity index (χ1n) is 8.80. The van der Waals surface area contributed by atoms with Crippen LogP contribution in [0, 0.1) is 16.7 Å². The van der Waals surface area contributed by atoms with Crippen molar-refractivity contribution < 1.29 is 4.79 Å². The molecule has 4 heteroatoms. The van der Waals surface area contributed by atoms with E-state index in [0.717, 1.165) is 28.9 Å². The maximum absolute atomic E-state index is 13.3. The predicted molar refractivity (Wildman–Crippen MR) is 103 cm³/mol. The van der Waals surface area contributed by atoms with Gasteiger partial charge in [-0.05, 0) is 29.4 Å². The zero-order valence-electron chi connectivity index (χ0n) is 15.2. The van der Waals surface area contributed by atoms with E-state index in [9.17, 15) is 4.79 Å². The molecule has 1 fully saturated rings. The summed E-state index contributed by atoms with van der Waals surface area (Å²) in [7, 11) is 1.80. The minimum absolute atomic E-state index is 0.0607. The first kappa shape index (κ1) is 16.7. The van der Waals surface area contributed by atoms with Crippen LogP contribution in [0.3, 0.4) is 0 Å². The van der Waals surface area contributed by atoms with Crippen LogP contribution in [0.2, 0.25) is 0 Å². The van der Waals surface area contributed by atoms with Gasteiger partial charge in [0.15, 0.2) is 0 Å². The van der Waals surface area contributed by atoms with Crippen LogP contribution in [0.4, 0.5) is 5.69 Å². The lowest BCUT2D eigenvalue weighted by atomic mass is 9.37. The topological polar surface area (TPSA) is 43.2 Å². The second kappa shape index (κ2) is 4.91. The summed E-state index contributed by atoms with van der Waals surface area (Å²) < 4.78 is 0. The van der Waals surface area contributed by atoms with E-state index in [1.54, 1.807) is 7.05 Å². The number of halogens is 1. The fourth-order valence-electron chi connectivity index (χ4n) is 5.55. The maximum Gasteiger partial charge on any atom is 0.239 e. The minimum Gasteiger partial charge on any atom is -0.690 e. The standard InChI is InChI=1S/C21H24ClN2O/c1-6-20(4)15(22)11-13-16(17(20)23-5)21(19(13,2)3)12-9-7-8-10-14(12)24-18(21)25/h6-10,13,15H,1,11H2,2-5H3,(H,24,25)/q-1. The molecule has 0 aromatic heterocycles. The molecular weight excluding hydrogens is 332 g/mol. The molecule has 1 N–H and O–H groups in total. The van der Waals surface area contributed by atoms with Crippen LogP contribution in [0.1, 0.15) is 32.8 Å². The average Bonchev–Trinajstić information content (AvgIpc) is 2.91. The number of hydrogen-bond acceptors (Lipinski definition) is 1. The molecule has 1 aromatic rings. The summed E-state index contributed by atoms with van der Waals surface area (Å²) >= 11 is 6.78. The molecule has 4 unspecified atom stereocenters. The van der Waals surface area contributed by atoms with Crippen LogP contribution in [0.15, 0.2) is 48.2 Å². The number of nitrogens with one attached hydrogen (secondary N) is 1. The van der Waals surface area contributed by atoms with Crippen LogP contribution in [-0.2, 0) is 10.2 Å². The average molecular weight is 356 g/mol. The number of amides is 1. The van der Waals surface area contributed by atoms with E-state index in [1.807, 2.05) is 24.3 Å². The van der Waals surface area contributed by atoms with Gasteiger partial charge in [0.05, 0.1) is 0 Å². The van der Waals surface area contributed by atoms with Crippen molar-refractivity contribution in [3.8, 4) is 0 Å². The van der Waals surface area contributed by atoms with Crippen LogP contribution >= 0.6 is 11.6 Å². The highest BCUT2D eigenvalue weighted by atomic mass is 35.5. The number of allylic oxidation sites excluding steroid dienone is 1. The van der Waals surface area contributed by atoms with Gasteiger partial charge in [-0.2, -0.15) is 5.70 Å². The van der Waals surface area contributed by atoms with Crippen LogP contribution in [-0.4, -0.2) is 18.3 Å². The summed E-state index contributed by atoms with van der Waals surface area (Å²) in [6.07, 6.45) is 2.73. The van der Waals surface area contributed by atoms with Crippen LogP contribution in [0.5, 0.6) is 0 Å². The molecule has 1 saturated carbocycles. The number of fused-ring (bicyclic) bond motifs is 4. The number of nitrogens with zero attached hydrogens (tertiary/aromatic N) is 1. The molecule has 3 aliphatic rings. The summed E-state index contributed by atoms with van der Waals surface area (Å²) in [6, 6.07) is 8.02. The maximum atomic E-state index is 13.3. The summed E-state index contributed by atoms with van der Waals surface area (Å²) in [4.78, 5) is 13.3. The van der Waals surface area contributed by atoms with Crippen molar-refractivity contribution >= 4 is 23.2 Å². The van der Waals surface area contributed by atoms with E-state index < -0.39 is 10.8 Å². The largest absolute Gasteiger partial charge is 0.690 e. The number of hydrogen-bond donors (Lipinski definition) is 1. The third kappa shape index (κ3) is 1.61. The number of benzene rings is 1. The number of alkyl halides is 1. The van der Waals surface area contributed by atoms with E-state index in [0.29, 0.717) is 0 Å². The lowest BCUT2D eigenvalue weighted by Gasteiger charge is -2.68. The van der Waals surface area contributed by atoms with Gasteiger partial charge >= 0.3 is 0 Å². The van der Waals surface area contributed by atoms with Gasteiger partial charge in [0, 0.05) is 16.5 Å². The first-order chi connectivity index (χ1) is 11.8. The minimum atomic E-state index is -0.662. The van der Waals surface area contributed by atoms with E-state index in [2.05, 4.69) is 44.1 Å². The molecule has 1 aromatic carbocycles. The summed E-state index contributed by atoms with van der Waals surface area (Å²) in [5.41, 5.74) is 2.75. The van der Waals surface area contributed by atoms with E-state index in [4.69, 9.17) is 11.6 Å². The molecule has 2 aliphatic carbocycles. The quantitative estimate of drug-likeness (QED) is 0.589. The lowest BCUT2D eigenvalue weighted by molar-refractivity contribution is -0.131. The van der Waals surface area contributed by atoms with Crippen molar-refractivity contribution in [1.82, 2.24) is 0 Å². The lowest BCUT2D eigenvalue weighted by Crippen LogP contribution is -2.67. The molecule has 3 nitrogen and oxygen atoms in total. The molecule has 0 radical (unpaired) electrons. The Labute approximate surface area is 154 Å². The Morgan fingerprint density at radius 1 is 1.32 bits per heavy atom. The Hall–Kier alpha value is -1.74. The Morgan fingerprint density at radius 2 is 2.00 bits per heavy atom. The van der Waals surface area contributed by atoms with Gasteiger partial charge in [0.25, 0.3) is 0 Å². The number of para-hydroxylation sites is 1. The highest BCUT2D eigenvalue weighted by Crippen LogP contribution is 2.73. The number of anilines is 1. The third-order valence-electron chi connectivity index (χ3n) is 7.02. The molecule has 0 bridgehead atoms. The fraction of sp³-hybridized carbons (Fsp3) is 0.476. The van der Waals surface area contributed by atoms with Gasteiger partial charge in [-0.15, -0.1) is 25.2 Å². The highest BCUT2D eigenvalue weighted by Gasteiger charge is 2.72. The van der Waals surface area contributed by atoms with E-state index in [-0.39, 0.29) is 22.6 Å². The summed E-state index contributed by atoms with van der Waals surface area (Å²) in [5, 5.41) is 7.67. The van der Waals surface area contributed by atoms with Crippen molar-refractivity contribution in [3.05, 3.63) is 59.1 Å². The molecule has 1 spiro atoms. The van der Waals surface area contributed by atoms with E-state index in [1.165, 1.54) is 0 Å². The molecule has 4 rings (SSSR count). The molecule has 25 heavy (non-hydrogen) atoms. The number of rotatable bonds is 2. The van der Waals surface area contributed by atoms with Crippen molar-refractivity contribution in [3.63, 3.8) is 0 Å². The summed E-state index contributed by atoms with van der Waals surface area (Å²) in [5.74, 6) is 0.309. The third-order valence-corrected chi connectivity index (χ3v) is 7.65. The Kier molecular flexibility index (Phi) is 3.28. The van der Waals surface area contributed by atoms with Gasteiger partial charge in [-0.3, -0.25) is 4.79 Å². The molecule has 132 valence electrons. The van der Waals surface area contributed by atoms with Gasteiger partial charge < -0.3 is 10.6 Å². The van der Waals surface area contributed by atoms with Crippen molar-refractivity contribution in [2.45, 2.75) is 38.0 Å². The zero-order chi connectivity index (χ0) is 18.2. The Morgan fingerprint density at radius 3 is 2.64 bits per heavy atom. The number of carbonyl (C=O) groups excluding carboxylic acids is 1. The molecule has 1 amide bonds. The first-order valence-corrected chi connectivity index (χ1v) is 9.24. The second-order valence-corrected chi connectivity index (χ2v) is 8.73. The normalized spacial score (nSPS) is 37.9. The molecule has 1 aliphatic heterocycles. The van der Waals surface area contributed by atoms with Gasteiger partial charge in [0.1, 0.15) is 5.41 Å². The predicted octanol–water partition coefficient (Wildman–Crippen LogP) is 4.99. The summed E-state index contributed by atoms with van der Waals surface area (Å²) in [6.45, 7) is 10.5. The Balaban J connectivity index is 2.06. The molecule has 4 atom stereocenters. The SMILES string of the molecule is C=CC1(C)C([N-]C)=C2C(CC1Cl)C(C)(C)C21C(=O)Nc2ccccc21. The van der Waals surface area contributed by atoms with Crippen molar-refractivity contribution in [2.24, 2.45) is 16.7 Å². The van der Waals surface area contributed by atoms with Crippen LogP contribution in [0.25, 0.3) is 5.32 Å². The smallest absolute Gasteiger partial charge is 0.239 e. The Bertz CT molecular complexity index is 827. The zero-order valence-corrected chi connectivity index (χ0v) is 15.9. The van der Waals surface area contributed by atoms with Crippen LogP contribution < -0.4 is 5.32 Å². The second-order valence-electron chi connectivity index (χ2n) is 8.20. The number of carbonyl (C=O) groups is 1. The van der Waals surface area contributed by atoms with Crippen molar-refractivity contribution in [1.29, 1.82) is 0 Å². The van der Waals surface area contributed by atoms with E-state index >= 15 is 0 Å². The molecule has 0 saturated heterocycles. The molecule has 1 heterocycles. The fourth-order valence-corrected chi connectivity index (χ4v) is 5.92. The molecular formula is C21H24ClN2O-. The highest BCUT2D eigenvalue weighted by molar-refractivity contribution is 6.22. The van der Waals surface area contributed by atoms with Crippen molar-refractivity contribution in [2.75, 3.05) is 12.4 Å². The van der Waals surface area contributed by atoms with Gasteiger partial charge in [0.2, 0.25) is 5.91 Å².